The molecule has 0 unspecified atom stereocenters. The number of hydrogen-bond donors (Lipinski definition) is 1. The molecule has 1 amide bonds. The van der Waals surface area contributed by atoms with Crippen molar-refractivity contribution in [1.29, 1.82) is 0 Å². The molecule has 2 saturated heterocycles. The van der Waals surface area contributed by atoms with Crippen LogP contribution in [0.25, 0.3) is 10.9 Å². The van der Waals surface area contributed by atoms with Crippen molar-refractivity contribution < 1.29 is 9.18 Å². The van der Waals surface area contributed by atoms with Gasteiger partial charge in [0.15, 0.2) is 0 Å². The van der Waals surface area contributed by atoms with E-state index in [9.17, 15) is 9.18 Å². The molecule has 3 heterocycles. The van der Waals surface area contributed by atoms with Gasteiger partial charge < -0.3 is 10.2 Å². The smallest absolute Gasteiger partial charge is 0.254 e. The van der Waals surface area contributed by atoms with Crippen LogP contribution >= 0.6 is 24.8 Å². The second kappa shape index (κ2) is 8.52. The van der Waals surface area contributed by atoms with Gasteiger partial charge in [0.1, 0.15) is 5.82 Å². The number of benzene rings is 1. The Morgan fingerprint density at radius 1 is 1.04 bits per heavy atom. The van der Waals surface area contributed by atoms with Crippen LogP contribution in [0, 0.1) is 17.7 Å². The van der Waals surface area contributed by atoms with Crippen LogP contribution < -0.4 is 5.32 Å². The van der Waals surface area contributed by atoms with Crippen molar-refractivity contribution in [2.75, 3.05) is 26.2 Å². The molecule has 2 aliphatic heterocycles. The number of nitrogens with zero attached hydrogens (tertiary/aromatic N) is 2. The van der Waals surface area contributed by atoms with Crippen LogP contribution in [-0.4, -0.2) is 42.0 Å². The van der Waals surface area contributed by atoms with Crippen molar-refractivity contribution in [1.82, 2.24) is 15.2 Å². The Balaban J connectivity index is 0.00000112. The maximum Gasteiger partial charge on any atom is 0.254 e. The zero-order valence-electron chi connectivity index (χ0n) is 15.7. The molecule has 1 aromatic carbocycles. The number of rotatable bonds is 2. The Bertz CT molecular complexity index is 860. The zero-order valence-corrected chi connectivity index (χ0v) is 17.3. The number of hydrogen-bond acceptors (Lipinski definition) is 3. The molecule has 7 heteroatoms. The van der Waals surface area contributed by atoms with Crippen LogP contribution in [0.2, 0.25) is 0 Å². The lowest BCUT2D eigenvalue weighted by molar-refractivity contribution is 0.0760. The number of halogens is 3. The van der Waals surface area contributed by atoms with Crippen molar-refractivity contribution in [2.45, 2.75) is 31.6 Å². The standard InChI is InChI=1S/C21H24FN3O.2ClH/c22-16-3-4-19-17(9-16)18(10-20(24-19)13-1-2-13)21(26)25-7-5-14-11-23-12-15(14)6-8-25;;/h3-4,9-10,13-15,23H,1-2,5-8,11-12H2;2*1H/t14-,15+;;. The number of pyridine rings is 1. The van der Waals surface area contributed by atoms with Gasteiger partial charge >= 0.3 is 0 Å². The van der Waals surface area contributed by atoms with Gasteiger partial charge in [-0.25, -0.2) is 4.39 Å². The highest BCUT2D eigenvalue weighted by atomic mass is 35.5. The van der Waals surface area contributed by atoms with Gasteiger partial charge in [0, 0.05) is 30.1 Å². The third-order valence-electron chi connectivity index (χ3n) is 6.32. The topological polar surface area (TPSA) is 45.2 Å². The second-order valence-electron chi connectivity index (χ2n) is 8.08. The number of carbonyl (C=O) groups is 1. The highest BCUT2D eigenvalue weighted by molar-refractivity contribution is 6.06. The van der Waals surface area contributed by atoms with Gasteiger partial charge in [-0.05, 0) is 74.9 Å². The average Bonchev–Trinajstić information content (AvgIpc) is 3.44. The summed E-state index contributed by atoms with van der Waals surface area (Å²) in [5.41, 5.74) is 2.35. The summed E-state index contributed by atoms with van der Waals surface area (Å²) < 4.78 is 13.9. The number of nitrogens with one attached hydrogen (secondary N) is 1. The van der Waals surface area contributed by atoms with Gasteiger partial charge in [0.25, 0.3) is 5.91 Å². The normalized spacial score (nSPS) is 24.1. The molecule has 4 nitrogen and oxygen atoms in total. The number of aromatic nitrogens is 1. The van der Waals surface area contributed by atoms with Crippen LogP contribution in [0.3, 0.4) is 0 Å². The van der Waals surface area contributed by atoms with E-state index in [4.69, 9.17) is 0 Å². The van der Waals surface area contributed by atoms with Crippen LogP contribution in [0.4, 0.5) is 4.39 Å². The number of amides is 1. The molecule has 3 aliphatic rings. The average molecular weight is 426 g/mol. The maximum absolute atomic E-state index is 13.9. The van der Waals surface area contributed by atoms with E-state index in [0.717, 1.165) is 63.1 Å². The predicted octanol–water partition coefficient (Wildman–Crippen LogP) is 4.17. The molecular formula is C21H26Cl2FN3O. The molecular weight excluding hydrogens is 400 g/mol. The van der Waals surface area contributed by atoms with E-state index in [1.54, 1.807) is 6.07 Å². The van der Waals surface area contributed by atoms with Gasteiger partial charge in [0.05, 0.1) is 11.1 Å². The fourth-order valence-electron chi connectivity index (χ4n) is 4.58. The summed E-state index contributed by atoms with van der Waals surface area (Å²) in [4.78, 5) is 20.0. The van der Waals surface area contributed by atoms with E-state index in [-0.39, 0.29) is 36.5 Å². The number of likely N-dealkylation sites (tertiary alicyclic amines) is 1. The first-order valence-electron chi connectivity index (χ1n) is 9.79. The minimum atomic E-state index is -0.316. The third kappa shape index (κ3) is 3.98. The Hall–Kier alpha value is -1.43. The van der Waals surface area contributed by atoms with E-state index in [2.05, 4.69) is 10.3 Å². The second-order valence-corrected chi connectivity index (χ2v) is 8.08. The Kier molecular flexibility index (Phi) is 6.47. The largest absolute Gasteiger partial charge is 0.339 e. The van der Waals surface area contributed by atoms with Crippen molar-refractivity contribution in [3.63, 3.8) is 0 Å². The highest BCUT2D eigenvalue weighted by Crippen LogP contribution is 2.40. The minimum Gasteiger partial charge on any atom is -0.339 e. The SMILES string of the molecule is Cl.Cl.O=C(c1cc(C2CC2)nc2ccc(F)cc12)N1CC[C@@H]2CNC[C@@H]2CC1. The van der Waals surface area contributed by atoms with E-state index in [1.807, 2.05) is 11.0 Å². The Morgan fingerprint density at radius 3 is 2.36 bits per heavy atom. The first-order chi connectivity index (χ1) is 12.7. The summed E-state index contributed by atoms with van der Waals surface area (Å²) >= 11 is 0. The molecule has 2 aromatic rings. The van der Waals surface area contributed by atoms with Crippen LogP contribution in [0.15, 0.2) is 24.3 Å². The lowest BCUT2D eigenvalue weighted by atomic mass is 9.92. The van der Waals surface area contributed by atoms with Crippen molar-refractivity contribution in [3.05, 3.63) is 41.3 Å². The first kappa shape index (κ1) is 21.3. The van der Waals surface area contributed by atoms with Crippen molar-refractivity contribution >= 4 is 41.6 Å². The van der Waals surface area contributed by atoms with Gasteiger partial charge in [-0.1, -0.05) is 0 Å². The summed E-state index contributed by atoms with van der Waals surface area (Å²) in [6.45, 7) is 3.73. The van der Waals surface area contributed by atoms with E-state index >= 15 is 0 Å². The molecule has 0 bridgehead atoms. The van der Waals surface area contributed by atoms with Gasteiger partial charge in [-0.2, -0.15) is 0 Å². The van der Waals surface area contributed by atoms with Crippen LogP contribution in [-0.2, 0) is 0 Å². The summed E-state index contributed by atoms with van der Waals surface area (Å²) in [5.74, 6) is 1.55. The molecule has 1 aromatic heterocycles. The van der Waals surface area contributed by atoms with E-state index in [0.29, 0.717) is 28.7 Å². The molecule has 3 fully saturated rings. The van der Waals surface area contributed by atoms with Crippen molar-refractivity contribution in [3.8, 4) is 0 Å². The fourth-order valence-corrected chi connectivity index (χ4v) is 4.58. The predicted molar refractivity (Wildman–Crippen MR) is 113 cm³/mol. The van der Waals surface area contributed by atoms with E-state index < -0.39 is 0 Å². The number of fused-ring (bicyclic) bond motifs is 2. The summed E-state index contributed by atoms with van der Waals surface area (Å²) in [6, 6.07) is 6.52. The quantitative estimate of drug-likeness (QED) is 0.784. The first-order valence-corrected chi connectivity index (χ1v) is 9.79. The molecule has 0 spiro atoms. The summed E-state index contributed by atoms with van der Waals surface area (Å²) in [5, 5.41) is 4.12. The third-order valence-corrected chi connectivity index (χ3v) is 6.32. The minimum absolute atomic E-state index is 0. The summed E-state index contributed by atoms with van der Waals surface area (Å²) in [7, 11) is 0. The molecule has 0 radical (unpaired) electrons. The van der Waals surface area contributed by atoms with Gasteiger partial charge in [-0.3, -0.25) is 9.78 Å². The monoisotopic (exact) mass is 425 g/mol. The fraction of sp³-hybridized carbons (Fsp3) is 0.524. The van der Waals surface area contributed by atoms with E-state index in [1.165, 1.54) is 12.1 Å². The molecule has 1 aliphatic carbocycles. The lowest BCUT2D eigenvalue weighted by Crippen LogP contribution is -2.33. The van der Waals surface area contributed by atoms with Gasteiger partial charge in [-0.15, -0.1) is 24.8 Å². The molecule has 5 rings (SSSR count). The molecule has 28 heavy (non-hydrogen) atoms. The zero-order chi connectivity index (χ0) is 17.7. The summed E-state index contributed by atoms with van der Waals surface area (Å²) in [6.07, 6.45) is 4.37. The maximum atomic E-state index is 13.9. The Labute approximate surface area is 177 Å². The lowest BCUT2D eigenvalue weighted by Gasteiger charge is -2.22. The van der Waals surface area contributed by atoms with Crippen molar-refractivity contribution in [2.24, 2.45) is 11.8 Å². The van der Waals surface area contributed by atoms with Crippen LogP contribution in [0.5, 0.6) is 0 Å². The molecule has 1 saturated carbocycles. The molecule has 2 atom stereocenters. The molecule has 1 N–H and O–H groups in total. The number of carbonyl (C=O) groups excluding carboxylic acids is 1. The Morgan fingerprint density at radius 2 is 1.71 bits per heavy atom. The van der Waals surface area contributed by atoms with Crippen LogP contribution in [0.1, 0.15) is 47.7 Å². The molecule has 152 valence electrons. The van der Waals surface area contributed by atoms with Gasteiger partial charge in [0.2, 0.25) is 0 Å². The highest BCUT2D eigenvalue weighted by Gasteiger charge is 2.33.